The van der Waals surface area contributed by atoms with Crippen LogP contribution in [0.4, 0.5) is 4.79 Å². The normalized spacial score (nSPS) is 26.3. The van der Waals surface area contributed by atoms with Crippen LogP contribution in [-0.4, -0.2) is 88.7 Å². The number of furan rings is 1. The molecule has 5 unspecified atom stereocenters. The van der Waals surface area contributed by atoms with Gasteiger partial charge in [-0.1, -0.05) is 81.7 Å². The molecular formula is C48H58N6O9S. The number of fused-ring (bicyclic) bond motifs is 5. The van der Waals surface area contributed by atoms with Gasteiger partial charge in [0.15, 0.2) is 5.82 Å². The fourth-order valence-electron chi connectivity index (χ4n) is 9.40. The van der Waals surface area contributed by atoms with Crippen LogP contribution in [0.2, 0.25) is 0 Å². The first-order valence-corrected chi connectivity index (χ1v) is 24.4. The van der Waals surface area contributed by atoms with Gasteiger partial charge in [0.2, 0.25) is 27.4 Å². The average molecular weight is 895 g/mol. The van der Waals surface area contributed by atoms with Crippen molar-refractivity contribution >= 4 is 55.9 Å². The van der Waals surface area contributed by atoms with E-state index in [-0.39, 0.29) is 36.8 Å². The zero-order chi connectivity index (χ0) is 45.0. The third kappa shape index (κ3) is 9.07. The minimum atomic E-state index is -3.92. The smallest absolute Gasteiger partial charge is 0.408 e. The van der Waals surface area contributed by atoms with Crippen LogP contribution in [0, 0.1) is 12.8 Å². The molecule has 0 spiro atoms. The number of hydrogen-bond acceptors (Lipinski definition) is 11. The van der Waals surface area contributed by atoms with Crippen molar-refractivity contribution in [1.29, 1.82) is 0 Å². The second-order valence-corrected chi connectivity index (χ2v) is 21.4. The van der Waals surface area contributed by atoms with E-state index >= 15 is 0 Å². The van der Waals surface area contributed by atoms with Gasteiger partial charge in [-0.15, -0.1) is 0 Å². The summed E-state index contributed by atoms with van der Waals surface area (Å²) in [5, 5.41) is 5.90. The van der Waals surface area contributed by atoms with Crippen molar-refractivity contribution in [2.24, 2.45) is 5.92 Å². The Bertz CT molecular complexity index is 2610. The van der Waals surface area contributed by atoms with Crippen molar-refractivity contribution in [2.75, 3.05) is 6.54 Å². The van der Waals surface area contributed by atoms with Crippen LogP contribution in [0.1, 0.15) is 115 Å². The molecule has 1 saturated heterocycles. The maximum Gasteiger partial charge on any atom is 0.408 e. The molecule has 3 aliphatic carbocycles. The summed E-state index contributed by atoms with van der Waals surface area (Å²) in [6.45, 7) is 8.36. The molecule has 2 aromatic carbocycles. The molecule has 9 rings (SSSR count). The number of amides is 4. The predicted molar refractivity (Wildman–Crippen MR) is 240 cm³/mol. The van der Waals surface area contributed by atoms with E-state index in [9.17, 15) is 27.6 Å². The summed E-state index contributed by atoms with van der Waals surface area (Å²) < 4.78 is 47.1. The molecule has 5 aliphatic rings. The minimum Gasteiger partial charge on any atom is -0.470 e. The van der Waals surface area contributed by atoms with E-state index in [1.807, 2.05) is 49.4 Å². The molecule has 4 heterocycles. The SMILES string of the molecule is Cc1ccc2oc3c(OC4CC5C(=O)NC6(C(=O)NS(=O)(=O)C7CC7)CC6/C=C\CCCCCC(NC(=O)OC6CCCC6)C(=O)N5C4)nc(-c4ccc(C(C)(C)C)cc4)nc3c2c1. The lowest BCUT2D eigenvalue weighted by Crippen LogP contribution is -2.58. The predicted octanol–water partition coefficient (Wildman–Crippen LogP) is 7.04. The van der Waals surface area contributed by atoms with Gasteiger partial charge in [-0.05, 0) is 94.2 Å². The molecule has 15 nitrogen and oxygen atoms in total. The van der Waals surface area contributed by atoms with Crippen LogP contribution in [0.15, 0.2) is 59.0 Å². The zero-order valence-electron chi connectivity index (χ0n) is 37.0. The summed E-state index contributed by atoms with van der Waals surface area (Å²) >= 11 is 0. The van der Waals surface area contributed by atoms with Crippen molar-refractivity contribution in [1.82, 2.24) is 30.2 Å². The van der Waals surface area contributed by atoms with Crippen LogP contribution in [0.25, 0.3) is 33.5 Å². The van der Waals surface area contributed by atoms with Crippen molar-refractivity contribution in [2.45, 2.75) is 152 Å². The van der Waals surface area contributed by atoms with E-state index in [1.54, 1.807) is 0 Å². The number of rotatable bonds is 8. The van der Waals surface area contributed by atoms with Gasteiger partial charge in [0.1, 0.15) is 40.9 Å². The number of aryl methyl sites for hydroxylation is 1. The average Bonchev–Trinajstić information content (AvgIpc) is 4.07. The molecule has 340 valence electrons. The third-order valence-corrected chi connectivity index (χ3v) is 15.3. The van der Waals surface area contributed by atoms with Crippen LogP contribution >= 0.6 is 0 Å². The van der Waals surface area contributed by atoms with Gasteiger partial charge in [-0.25, -0.2) is 18.2 Å². The largest absolute Gasteiger partial charge is 0.470 e. The Balaban J connectivity index is 1.06. The van der Waals surface area contributed by atoms with Gasteiger partial charge in [0.05, 0.1) is 11.8 Å². The standard InChI is InChI=1S/C48H58N6O9S/c1-28-16-23-38-35(24-28)39-40(63-38)43(51-41(50-39)29-17-19-30(20-18-29)47(2,3)4)61-33-25-37-42(55)52-48(45(57)53-64(59,60)34-21-22-34)26-31(48)12-8-6-5-7-9-15-36(44(56)54(37)27-33)49-46(58)62-32-13-10-11-14-32/h8,12,16-20,23-24,31-34,36-37H,5-7,9-11,13-15,21-22,25-27H2,1-4H3,(H,49,58)(H,52,55)(H,53,57)/b12-8-. The fraction of sp³-hybridized carbons (Fsp3) is 0.542. The maximum atomic E-state index is 14.9. The lowest BCUT2D eigenvalue weighted by atomic mass is 9.87. The highest BCUT2D eigenvalue weighted by molar-refractivity contribution is 7.91. The Morgan fingerprint density at radius 3 is 2.42 bits per heavy atom. The van der Waals surface area contributed by atoms with Gasteiger partial charge in [-0.3, -0.25) is 19.1 Å². The summed E-state index contributed by atoms with van der Waals surface area (Å²) in [5.41, 5.74) is 2.76. The lowest BCUT2D eigenvalue weighted by Gasteiger charge is -2.30. The van der Waals surface area contributed by atoms with E-state index in [4.69, 9.17) is 23.9 Å². The topological polar surface area (TPSA) is 199 Å². The Morgan fingerprint density at radius 2 is 1.69 bits per heavy atom. The first kappa shape index (κ1) is 43.7. The quantitative estimate of drug-likeness (QED) is 0.153. The van der Waals surface area contributed by atoms with E-state index < -0.39 is 68.7 Å². The van der Waals surface area contributed by atoms with Crippen LogP contribution in [0.5, 0.6) is 5.88 Å². The Hall–Kier alpha value is -5.51. The molecule has 64 heavy (non-hydrogen) atoms. The summed E-state index contributed by atoms with van der Waals surface area (Å²) in [7, 11) is -3.92. The Kier molecular flexibility index (Phi) is 11.7. The molecule has 0 bridgehead atoms. The third-order valence-electron chi connectivity index (χ3n) is 13.4. The molecule has 0 radical (unpaired) electrons. The second kappa shape index (κ2) is 17.1. The first-order chi connectivity index (χ1) is 30.6. The number of aromatic nitrogens is 2. The number of hydrogen-bond donors (Lipinski definition) is 3. The van der Waals surface area contributed by atoms with Gasteiger partial charge in [0, 0.05) is 23.3 Å². The highest BCUT2D eigenvalue weighted by Gasteiger charge is 2.62. The van der Waals surface area contributed by atoms with Gasteiger partial charge < -0.3 is 29.4 Å². The van der Waals surface area contributed by atoms with Crippen LogP contribution in [0.3, 0.4) is 0 Å². The number of benzene rings is 2. The van der Waals surface area contributed by atoms with Crippen molar-refractivity contribution in [3.05, 3.63) is 65.7 Å². The Labute approximate surface area is 373 Å². The van der Waals surface area contributed by atoms with E-state index in [0.29, 0.717) is 54.6 Å². The number of sulfonamides is 1. The maximum absolute atomic E-state index is 14.9. The van der Waals surface area contributed by atoms with Crippen LogP contribution in [-0.2, 0) is 34.6 Å². The molecule has 5 atom stereocenters. The molecule has 4 fully saturated rings. The number of alkyl carbamates (subject to hydrolysis) is 1. The van der Waals surface area contributed by atoms with Crippen molar-refractivity contribution in [3.8, 4) is 17.3 Å². The molecule has 4 aromatic rings. The van der Waals surface area contributed by atoms with Gasteiger partial charge >= 0.3 is 6.09 Å². The molecular weight excluding hydrogens is 837 g/mol. The molecule has 2 aromatic heterocycles. The lowest BCUT2D eigenvalue weighted by molar-refractivity contribution is -0.141. The van der Waals surface area contributed by atoms with Crippen molar-refractivity contribution < 1.29 is 41.5 Å². The number of nitrogens with one attached hydrogen (secondary N) is 3. The van der Waals surface area contributed by atoms with Gasteiger partial charge in [-0.2, -0.15) is 4.98 Å². The summed E-state index contributed by atoms with van der Waals surface area (Å²) in [5.74, 6) is -1.83. The van der Waals surface area contributed by atoms with Gasteiger partial charge in [0.25, 0.3) is 11.8 Å². The first-order valence-electron chi connectivity index (χ1n) is 22.9. The summed E-state index contributed by atoms with van der Waals surface area (Å²) in [4.78, 5) is 68.1. The number of ether oxygens (including phenoxy) is 2. The van der Waals surface area contributed by atoms with Crippen molar-refractivity contribution in [3.63, 3.8) is 0 Å². The molecule has 3 N–H and O–H groups in total. The highest BCUT2D eigenvalue weighted by Crippen LogP contribution is 2.46. The number of carbonyl (C=O) groups is 4. The fourth-order valence-corrected chi connectivity index (χ4v) is 10.8. The van der Waals surface area contributed by atoms with E-state index in [1.165, 1.54) is 4.90 Å². The number of nitrogens with zero attached hydrogens (tertiary/aromatic N) is 3. The molecule has 16 heteroatoms. The van der Waals surface area contributed by atoms with E-state index in [2.05, 4.69) is 48.3 Å². The number of carbonyl (C=O) groups excluding carboxylic acids is 4. The van der Waals surface area contributed by atoms with E-state index in [0.717, 1.165) is 60.6 Å². The Morgan fingerprint density at radius 1 is 0.938 bits per heavy atom. The molecule has 4 amide bonds. The molecule has 2 aliphatic heterocycles. The summed E-state index contributed by atoms with van der Waals surface area (Å²) in [6.07, 6.45) is 9.88. The minimum absolute atomic E-state index is 0.00413. The number of allylic oxidation sites excluding steroid dienone is 1. The molecule has 3 saturated carbocycles. The van der Waals surface area contributed by atoms with Crippen LogP contribution < -0.4 is 20.1 Å². The summed E-state index contributed by atoms with van der Waals surface area (Å²) in [6, 6.07) is 11.7. The highest BCUT2D eigenvalue weighted by atomic mass is 32.2. The zero-order valence-corrected chi connectivity index (χ0v) is 37.8. The monoisotopic (exact) mass is 894 g/mol. The second-order valence-electron chi connectivity index (χ2n) is 19.5.